The van der Waals surface area contributed by atoms with E-state index in [9.17, 15) is 9.90 Å². The molecule has 1 fully saturated rings. The van der Waals surface area contributed by atoms with Crippen LogP contribution in [0.4, 0.5) is 0 Å². The molecule has 1 aliphatic heterocycles. The van der Waals surface area contributed by atoms with E-state index in [4.69, 9.17) is 9.90 Å². The molecule has 1 amide bonds. The molecular formula is C24H29N3O4. The predicted octanol–water partition coefficient (Wildman–Crippen LogP) is 2.79. The first kappa shape index (κ1) is 22.5. The molecule has 3 N–H and O–H groups in total. The van der Waals surface area contributed by atoms with Gasteiger partial charge in [0.15, 0.2) is 0 Å². The number of nitrogens with zero attached hydrogens (tertiary/aromatic N) is 2. The first-order chi connectivity index (χ1) is 14.8. The standard InChI is InChI=1S/C23H27N3O2.CH2O2/c1-14-4-5-15(2)23-22(14)19(16(3)25-23)11-21(28)26-12-18(20(27)13-26)10-17-6-8-24-9-7-17;2-1-3/h4-9,18,20,25,27H,10-13H2,1-3H3;1H,(H,2,3)/t18-,20-;/m1./s1. The van der Waals surface area contributed by atoms with Crippen LogP contribution in [0.15, 0.2) is 36.7 Å². The molecule has 0 aliphatic carbocycles. The van der Waals surface area contributed by atoms with Gasteiger partial charge in [-0.1, -0.05) is 12.1 Å². The Bertz CT molecular complexity index is 1060. The van der Waals surface area contributed by atoms with Crippen molar-refractivity contribution in [3.05, 3.63) is 64.6 Å². The summed E-state index contributed by atoms with van der Waals surface area (Å²) in [5.41, 5.74) is 6.77. The largest absolute Gasteiger partial charge is 0.483 e. The maximum absolute atomic E-state index is 13.0. The van der Waals surface area contributed by atoms with Crippen molar-refractivity contribution in [2.45, 2.75) is 39.7 Å². The van der Waals surface area contributed by atoms with E-state index in [1.165, 1.54) is 16.5 Å². The van der Waals surface area contributed by atoms with Crippen LogP contribution in [-0.4, -0.2) is 56.7 Å². The Morgan fingerprint density at radius 2 is 1.81 bits per heavy atom. The molecular weight excluding hydrogens is 394 g/mol. The van der Waals surface area contributed by atoms with Gasteiger partial charge in [0.25, 0.3) is 6.47 Å². The summed E-state index contributed by atoms with van der Waals surface area (Å²) >= 11 is 0. The van der Waals surface area contributed by atoms with Gasteiger partial charge < -0.3 is 20.1 Å². The number of aryl methyl sites for hydroxylation is 3. The van der Waals surface area contributed by atoms with Crippen LogP contribution in [0.2, 0.25) is 0 Å². The lowest BCUT2D eigenvalue weighted by atomic mass is 9.97. The van der Waals surface area contributed by atoms with Gasteiger partial charge in [0.2, 0.25) is 5.91 Å². The minimum Gasteiger partial charge on any atom is -0.483 e. The summed E-state index contributed by atoms with van der Waals surface area (Å²) in [6.45, 7) is 6.97. The fourth-order valence-electron chi connectivity index (χ4n) is 4.38. The molecule has 1 aliphatic rings. The summed E-state index contributed by atoms with van der Waals surface area (Å²) in [6, 6.07) is 8.16. The number of H-pyrrole nitrogens is 1. The summed E-state index contributed by atoms with van der Waals surface area (Å²) in [5.74, 6) is 0.153. The topological polar surface area (TPSA) is 107 Å². The van der Waals surface area contributed by atoms with Gasteiger partial charge in [0.05, 0.1) is 12.5 Å². The number of β-amino-alcohol motifs (C(OH)–C–C–N with tert-alkyl or cyclic N) is 1. The van der Waals surface area contributed by atoms with Crippen molar-refractivity contribution >= 4 is 23.3 Å². The predicted molar refractivity (Wildman–Crippen MR) is 119 cm³/mol. The molecule has 1 aromatic carbocycles. The van der Waals surface area contributed by atoms with Crippen molar-refractivity contribution < 1.29 is 19.8 Å². The highest BCUT2D eigenvalue weighted by molar-refractivity contribution is 5.94. The zero-order valence-corrected chi connectivity index (χ0v) is 18.1. The number of hydrogen-bond acceptors (Lipinski definition) is 4. The normalized spacial score (nSPS) is 18.0. The average Bonchev–Trinajstić information content (AvgIpc) is 3.27. The number of nitrogens with one attached hydrogen (secondary N) is 1. The molecule has 7 heteroatoms. The summed E-state index contributed by atoms with van der Waals surface area (Å²) in [7, 11) is 0. The van der Waals surface area contributed by atoms with Crippen LogP contribution in [-0.2, 0) is 22.4 Å². The van der Waals surface area contributed by atoms with Crippen molar-refractivity contribution in [1.82, 2.24) is 14.9 Å². The third kappa shape index (κ3) is 4.94. The fourth-order valence-corrected chi connectivity index (χ4v) is 4.38. The molecule has 0 unspecified atom stereocenters. The molecule has 3 heterocycles. The number of hydrogen-bond donors (Lipinski definition) is 3. The van der Waals surface area contributed by atoms with E-state index in [1.807, 2.05) is 24.0 Å². The van der Waals surface area contributed by atoms with E-state index in [-0.39, 0.29) is 18.3 Å². The maximum atomic E-state index is 13.0. The zero-order valence-electron chi connectivity index (χ0n) is 18.1. The van der Waals surface area contributed by atoms with Crippen molar-refractivity contribution in [1.29, 1.82) is 0 Å². The van der Waals surface area contributed by atoms with Gasteiger partial charge in [-0.3, -0.25) is 14.6 Å². The molecule has 0 radical (unpaired) electrons. The van der Waals surface area contributed by atoms with Crippen LogP contribution in [0.3, 0.4) is 0 Å². The summed E-state index contributed by atoms with van der Waals surface area (Å²) < 4.78 is 0. The Kier molecular flexibility index (Phi) is 7.07. The molecule has 2 atom stereocenters. The number of amides is 1. The SMILES string of the molecule is Cc1[nH]c2c(C)ccc(C)c2c1CC(=O)N1C[C@@H](Cc2ccncc2)[C@H](O)C1.O=CO. The summed E-state index contributed by atoms with van der Waals surface area (Å²) in [4.78, 5) is 30.7. The molecule has 0 saturated carbocycles. The third-order valence-corrected chi connectivity index (χ3v) is 6.02. The second-order valence-corrected chi connectivity index (χ2v) is 8.15. The number of carbonyl (C=O) groups excluding carboxylic acids is 1. The number of benzene rings is 1. The first-order valence-electron chi connectivity index (χ1n) is 10.4. The number of pyridine rings is 1. The second-order valence-electron chi connectivity index (χ2n) is 8.15. The number of fused-ring (bicyclic) bond motifs is 1. The Morgan fingerprint density at radius 3 is 2.48 bits per heavy atom. The lowest BCUT2D eigenvalue weighted by Crippen LogP contribution is -2.31. The van der Waals surface area contributed by atoms with Gasteiger partial charge in [-0.15, -0.1) is 0 Å². The molecule has 4 rings (SSSR count). The number of aromatic nitrogens is 2. The molecule has 0 bridgehead atoms. The van der Waals surface area contributed by atoms with E-state index < -0.39 is 6.10 Å². The monoisotopic (exact) mass is 423 g/mol. The number of aliphatic hydroxyl groups excluding tert-OH is 1. The highest BCUT2D eigenvalue weighted by Crippen LogP contribution is 2.29. The Hall–Kier alpha value is -3.19. The van der Waals surface area contributed by atoms with Crippen molar-refractivity contribution in [2.24, 2.45) is 5.92 Å². The molecule has 2 aromatic heterocycles. The van der Waals surface area contributed by atoms with Crippen LogP contribution < -0.4 is 0 Å². The quantitative estimate of drug-likeness (QED) is 0.560. The number of rotatable bonds is 4. The highest BCUT2D eigenvalue weighted by atomic mass is 16.3. The Morgan fingerprint density at radius 1 is 1.16 bits per heavy atom. The summed E-state index contributed by atoms with van der Waals surface area (Å²) in [5, 5.41) is 18.5. The van der Waals surface area contributed by atoms with Crippen LogP contribution in [0.25, 0.3) is 10.9 Å². The molecule has 0 spiro atoms. The Balaban J connectivity index is 0.000000858. The molecule has 1 saturated heterocycles. The van der Waals surface area contributed by atoms with Gasteiger partial charge >= 0.3 is 0 Å². The van der Waals surface area contributed by atoms with Crippen molar-refractivity contribution in [3.8, 4) is 0 Å². The van der Waals surface area contributed by atoms with Gasteiger partial charge in [0, 0.05) is 48.0 Å². The van der Waals surface area contributed by atoms with Crippen molar-refractivity contribution in [2.75, 3.05) is 13.1 Å². The minimum atomic E-state index is -0.481. The van der Waals surface area contributed by atoms with Crippen molar-refractivity contribution in [3.63, 3.8) is 0 Å². The number of carbonyl (C=O) groups is 2. The van der Waals surface area contributed by atoms with E-state index in [0.29, 0.717) is 19.5 Å². The fraction of sp³-hybridized carbons (Fsp3) is 0.375. The van der Waals surface area contributed by atoms with E-state index in [2.05, 4.69) is 35.9 Å². The van der Waals surface area contributed by atoms with E-state index >= 15 is 0 Å². The second kappa shape index (κ2) is 9.75. The average molecular weight is 424 g/mol. The van der Waals surface area contributed by atoms with Gasteiger partial charge in [-0.05, 0) is 61.6 Å². The van der Waals surface area contributed by atoms with Crippen LogP contribution >= 0.6 is 0 Å². The number of likely N-dealkylation sites (tertiary alicyclic amines) is 1. The van der Waals surface area contributed by atoms with E-state index in [1.54, 1.807) is 12.4 Å². The van der Waals surface area contributed by atoms with Crippen LogP contribution in [0.1, 0.15) is 27.9 Å². The molecule has 31 heavy (non-hydrogen) atoms. The minimum absolute atomic E-state index is 0.0689. The first-order valence-corrected chi connectivity index (χ1v) is 10.4. The number of aromatic amines is 1. The zero-order chi connectivity index (χ0) is 22.5. The maximum Gasteiger partial charge on any atom is 0.290 e. The third-order valence-electron chi connectivity index (χ3n) is 6.02. The lowest BCUT2D eigenvalue weighted by molar-refractivity contribution is -0.129. The number of carboxylic acid groups (broad SMARTS) is 1. The Labute approximate surface area is 181 Å². The summed E-state index contributed by atoms with van der Waals surface area (Å²) in [6.07, 6.45) is 4.18. The smallest absolute Gasteiger partial charge is 0.290 e. The van der Waals surface area contributed by atoms with Gasteiger partial charge in [-0.2, -0.15) is 0 Å². The molecule has 7 nitrogen and oxygen atoms in total. The van der Waals surface area contributed by atoms with Gasteiger partial charge in [-0.25, -0.2) is 0 Å². The number of aliphatic hydroxyl groups is 1. The van der Waals surface area contributed by atoms with Crippen LogP contribution in [0.5, 0.6) is 0 Å². The lowest BCUT2D eigenvalue weighted by Gasteiger charge is -2.17. The van der Waals surface area contributed by atoms with E-state index in [0.717, 1.165) is 28.8 Å². The molecule has 164 valence electrons. The molecule has 3 aromatic rings. The highest BCUT2D eigenvalue weighted by Gasteiger charge is 2.34. The van der Waals surface area contributed by atoms with Gasteiger partial charge in [0.1, 0.15) is 0 Å². The van der Waals surface area contributed by atoms with Crippen LogP contribution in [0, 0.1) is 26.7 Å².